The van der Waals surface area contributed by atoms with Crippen LogP contribution in [0.1, 0.15) is 37.3 Å². The summed E-state index contributed by atoms with van der Waals surface area (Å²) in [4.78, 5) is 10.9. The van der Waals surface area contributed by atoms with Crippen LogP contribution in [-0.2, 0) is 6.42 Å². The van der Waals surface area contributed by atoms with Crippen LogP contribution >= 0.6 is 0 Å². The Morgan fingerprint density at radius 1 is 1.40 bits per heavy atom. The number of allylic oxidation sites excluding steroid dienone is 1. The summed E-state index contributed by atoms with van der Waals surface area (Å²) in [6, 6.07) is 1.61. The fourth-order valence-corrected chi connectivity index (χ4v) is 2.69. The molecule has 108 valence electrons. The van der Waals surface area contributed by atoms with Crippen molar-refractivity contribution in [3.8, 4) is 11.5 Å². The number of nitro groups is 1. The molecule has 0 amide bonds. The van der Waals surface area contributed by atoms with Gasteiger partial charge in [-0.1, -0.05) is 6.08 Å². The van der Waals surface area contributed by atoms with Crippen LogP contribution in [0.15, 0.2) is 18.7 Å². The molecule has 20 heavy (non-hydrogen) atoms. The number of nitrogens with zero attached hydrogens (tertiary/aromatic N) is 1. The maximum Gasteiger partial charge on any atom is 0.315 e. The van der Waals surface area contributed by atoms with Crippen LogP contribution in [0.2, 0.25) is 0 Å². The zero-order valence-electron chi connectivity index (χ0n) is 11.8. The maximum atomic E-state index is 11.3. The molecule has 1 aromatic rings. The molecule has 1 atom stereocenters. The monoisotopic (exact) mass is 277 g/mol. The highest BCUT2D eigenvalue weighted by atomic mass is 16.6. The third kappa shape index (κ3) is 2.35. The average Bonchev–Trinajstić information content (AvgIpc) is 2.83. The number of hydrogen-bond donors (Lipinski definition) is 0. The molecule has 2 rings (SSSR count). The minimum absolute atomic E-state index is 0.0252. The van der Waals surface area contributed by atoms with Crippen molar-refractivity contribution < 1.29 is 14.4 Å². The molecule has 0 spiro atoms. The molecule has 0 saturated carbocycles. The van der Waals surface area contributed by atoms with Gasteiger partial charge in [0.05, 0.1) is 18.1 Å². The maximum absolute atomic E-state index is 11.3. The van der Waals surface area contributed by atoms with E-state index >= 15 is 0 Å². The fourth-order valence-electron chi connectivity index (χ4n) is 2.69. The first-order valence-corrected chi connectivity index (χ1v) is 6.86. The van der Waals surface area contributed by atoms with Crippen molar-refractivity contribution >= 4 is 5.69 Å². The van der Waals surface area contributed by atoms with Crippen molar-refractivity contribution in [2.24, 2.45) is 0 Å². The van der Waals surface area contributed by atoms with Gasteiger partial charge in [-0.05, 0) is 32.3 Å². The van der Waals surface area contributed by atoms with Crippen LogP contribution in [0.5, 0.6) is 11.5 Å². The summed E-state index contributed by atoms with van der Waals surface area (Å²) in [6.07, 6.45) is 3.58. The van der Waals surface area contributed by atoms with Gasteiger partial charge < -0.3 is 9.47 Å². The Morgan fingerprint density at radius 2 is 2.05 bits per heavy atom. The lowest BCUT2D eigenvalue weighted by molar-refractivity contribution is -0.386. The first-order valence-electron chi connectivity index (χ1n) is 6.86. The Morgan fingerprint density at radius 3 is 2.60 bits per heavy atom. The lowest BCUT2D eigenvalue weighted by atomic mass is 10.00. The molecule has 1 aromatic carbocycles. The Labute approximate surface area is 118 Å². The lowest BCUT2D eigenvalue weighted by Gasteiger charge is -2.16. The number of rotatable bonds is 6. The smallest absolute Gasteiger partial charge is 0.315 e. The van der Waals surface area contributed by atoms with Gasteiger partial charge in [0.2, 0.25) is 5.75 Å². The summed E-state index contributed by atoms with van der Waals surface area (Å²) in [5, 5.41) is 11.3. The highest BCUT2D eigenvalue weighted by Gasteiger charge is 2.32. The molecule has 1 aliphatic carbocycles. The predicted octanol–water partition coefficient (Wildman–Crippen LogP) is 3.61. The van der Waals surface area contributed by atoms with Gasteiger partial charge in [-0.15, -0.1) is 6.58 Å². The van der Waals surface area contributed by atoms with Gasteiger partial charge in [-0.2, -0.15) is 0 Å². The van der Waals surface area contributed by atoms with Gasteiger partial charge in [0, 0.05) is 17.5 Å². The lowest BCUT2D eigenvalue weighted by Crippen LogP contribution is -2.05. The molecule has 0 heterocycles. The Balaban J connectivity index is 2.66. The number of nitro benzene ring substituents is 1. The normalized spacial score (nSPS) is 16.6. The Hall–Kier alpha value is -2.04. The second-order valence-electron chi connectivity index (χ2n) is 4.63. The van der Waals surface area contributed by atoms with Crippen LogP contribution in [-0.4, -0.2) is 18.1 Å². The SMILES string of the molecule is C=CC1CCc2c1cc([N+](=O)[O-])c(OCC)c2OCC. The van der Waals surface area contributed by atoms with Crippen molar-refractivity contribution in [3.05, 3.63) is 40.0 Å². The van der Waals surface area contributed by atoms with Gasteiger partial charge in [0.1, 0.15) is 0 Å². The molecule has 0 aliphatic heterocycles. The Bertz CT molecular complexity index is 539. The van der Waals surface area contributed by atoms with E-state index < -0.39 is 4.92 Å². The van der Waals surface area contributed by atoms with Crippen LogP contribution in [0.4, 0.5) is 5.69 Å². The van der Waals surface area contributed by atoms with E-state index in [1.54, 1.807) is 13.0 Å². The summed E-state index contributed by atoms with van der Waals surface area (Å²) < 4.78 is 11.1. The van der Waals surface area contributed by atoms with Gasteiger partial charge in [0.25, 0.3) is 0 Å². The van der Waals surface area contributed by atoms with Crippen molar-refractivity contribution in [1.82, 2.24) is 0 Å². The minimum Gasteiger partial charge on any atom is -0.489 e. The standard InChI is InChI=1S/C15H19NO4/c1-4-10-7-8-11-12(10)9-13(16(17)18)15(20-6-3)14(11)19-5-2/h4,9-10H,1,5-8H2,2-3H3. The summed E-state index contributed by atoms with van der Waals surface area (Å²) in [7, 11) is 0. The molecule has 1 unspecified atom stereocenters. The number of hydrogen-bond acceptors (Lipinski definition) is 4. The number of fused-ring (bicyclic) bond motifs is 1. The molecule has 0 fully saturated rings. The highest BCUT2D eigenvalue weighted by molar-refractivity contribution is 5.65. The van der Waals surface area contributed by atoms with E-state index in [0.29, 0.717) is 19.0 Å². The molecule has 0 bridgehead atoms. The molecular weight excluding hydrogens is 258 g/mol. The van der Waals surface area contributed by atoms with Crippen LogP contribution in [0.3, 0.4) is 0 Å². The second kappa shape index (κ2) is 5.94. The van der Waals surface area contributed by atoms with Crippen LogP contribution in [0, 0.1) is 10.1 Å². The minimum atomic E-state index is -0.410. The third-order valence-corrected chi connectivity index (χ3v) is 3.52. The first kappa shape index (κ1) is 14.4. The molecular formula is C15H19NO4. The van der Waals surface area contributed by atoms with Crippen molar-refractivity contribution in [1.29, 1.82) is 0 Å². The zero-order valence-corrected chi connectivity index (χ0v) is 11.8. The zero-order chi connectivity index (χ0) is 14.7. The van der Waals surface area contributed by atoms with E-state index in [1.807, 2.05) is 13.0 Å². The van der Waals surface area contributed by atoms with Crippen molar-refractivity contribution in [3.63, 3.8) is 0 Å². The summed E-state index contributed by atoms with van der Waals surface area (Å²) in [6.45, 7) is 8.29. The van der Waals surface area contributed by atoms with Crippen LogP contribution in [0.25, 0.3) is 0 Å². The van der Waals surface area contributed by atoms with Gasteiger partial charge >= 0.3 is 5.69 Å². The summed E-state index contributed by atoms with van der Waals surface area (Å²) in [5.74, 6) is 0.935. The number of ether oxygens (including phenoxy) is 2. The molecule has 1 aliphatic rings. The van der Waals surface area contributed by atoms with Crippen molar-refractivity contribution in [2.75, 3.05) is 13.2 Å². The van der Waals surface area contributed by atoms with E-state index in [4.69, 9.17) is 9.47 Å². The Kier molecular flexibility index (Phi) is 4.27. The molecule has 0 N–H and O–H groups in total. The molecule has 5 heteroatoms. The topological polar surface area (TPSA) is 61.6 Å². The summed E-state index contributed by atoms with van der Waals surface area (Å²) in [5.41, 5.74) is 1.94. The summed E-state index contributed by atoms with van der Waals surface area (Å²) >= 11 is 0. The quantitative estimate of drug-likeness (QED) is 0.452. The second-order valence-corrected chi connectivity index (χ2v) is 4.63. The largest absolute Gasteiger partial charge is 0.489 e. The van der Waals surface area contributed by atoms with E-state index in [1.165, 1.54) is 0 Å². The number of benzene rings is 1. The molecule has 0 aromatic heterocycles. The fraction of sp³-hybridized carbons (Fsp3) is 0.467. The predicted molar refractivity (Wildman–Crippen MR) is 76.7 cm³/mol. The van der Waals surface area contributed by atoms with E-state index in [0.717, 1.165) is 24.0 Å². The van der Waals surface area contributed by atoms with Gasteiger partial charge in [0.15, 0.2) is 5.75 Å². The van der Waals surface area contributed by atoms with Crippen molar-refractivity contribution in [2.45, 2.75) is 32.6 Å². The van der Waals surface area contributed by atoms with Gasteiger partial charge in [-0.25, -0.2) is 0 Å². The molecule has 5 nitrogen and oxygen atoms in total. The van der Waals surface area contributed by atoms with Gasteiger partial charge in [-0.3, -0.25) is 10.1 Å². The molecule has 0 saturated heterocycles. The van der Waals surface area contributed by atoms with Crippen LogP contribution < -0.4 is 9.47 Å². The van der Waals surface area contributed by atoms with E-state index in [2.05, 4.69) is 6.58 Å². The first-order chi connectivity index (χ1) is 9.63. The van der Waals surface area contributed by atoms with E-state index in [9.17, 15) is 10.1 Å². The average molecular weight is 277 g/mol. The highest BCUT2D eigenvalue weighted by Crippen LogP contribution is 2.48. The third-order valence-electron chi connectivity index (χ3n) is 3.52. The van der Waals surface area contributed by atoms with E-state index in [-0.39, 0.29) is 17.4 Å². The molecule has 0 radical (unpaired) electrons.